The zero-order valence-corrected chi connectivity index (χ0v) is 9.61. The average molecular weight is 210 g/mol. The molecule has 0 aliphatic carbocycles. The summed E-state index contributed by atoms with van der Waals surface area (Å²) < 4.78 is 5.95. The summed E-state index contributed by atoms with van der Waals surface area (Å²) in [6, 6.07) is 0.728. The molecule has 3 aliphatic rings. The normalized spacial score (nSPS) is 47.0. The van der Waals surface area contributed by atoms with Gasteiger partial charge in [-0.3, -0.25) is 4.90 Å². The van der Waals surface area contributed by atoms with Gasteiger partial charge in [0.15, 0.2) is 0 Å². The summed E-state index contributed by atoms with van der Waals surface area (Å²) in [5.74, 6) is 0.784. The number of ether oxygens (including phenoxy) is 1. The van der Waals surface area contributed by atoms with Crippen molar-refractivity contribution in [2.24, 2.45) is 5.92 Å². The largest absolute Gasteiger partial charge is 0.373 e. The second-order valence-electron chi connectivity index (χ2n) is 5.48. The van der Waals surface area contributed by atoms with Gasteiger partial charge in [-0.05, 0) is 31.7 Å². The Morgan fingerprint density at radius 2 is 2.27 bits per heavy atom. The SMILES string of the molecule is CC1CNCCN(C2CC3CCC2O3)C1. The van der Waals surface area contributed by atoms with Gasteiger partial charge in [-0.2, -0.15) is 0 Å². The molecule has 0 radical (unpaired) electrons. The van der Waals surface area contributed by atoms with Crippen LogP contribution < -0.4 is 5.32 Å². The number of hydrogen-bond acceptors (Lipinski definition) is 3. The lowest BCUT2D eigenvalue weighted by atomic mass is 9.93. The fourth-order valence-corrected chi connectivity index (χ4v) is 3.42. The maximum Gasteiger partial charge on any atom is 0.0735 e. The van der Waals surface area contributed by atoms with Crippen LogP contribution in [0.4, 0.5) is 0 Å². The number of nitrogens with zero attached hydrogens (tertiary/aromatic N) is 1. The number of fused-ring (bicyclic) bond motifs is 2. The quantitative estimate of drug-likeness (QED) is 0.694. The molecule has 3 fully saturated rings. The minimum absolute atomic E-state index is 0.556. The first kappa shape index (κ1) is 10.1. The van der Waals surface area contributed by atoms with Gasteiger partial charge in [-0.25, -0.2) is 0 Å². The van der Waals surface area contributed by atoms with Crippen molar-refractivity contribution in [3.05, 3.63) is 0 Å². The van der Waals surface area contributed by atoms with Crippen molar-refractivity contribution < 1.29 is 4.74 Å². The van der Waals surface area contributed by atoms with E-state index in [4.69, 9.17) is 4.74 Å². The molecule has 86 valence electrons. The summed E-state index contributed by atoms with van der Waals surface area (Å²) in [5.41, 5.74) is 0. The minimum Gasteiger partial charge on any atom is -0.373 e. The van der Waals surface area contributed by atoms with Gasteiger partial charge in [0.25, 0.3) is 0 Å². The van der Waals surface area contributed by atoms with Crippen LogP contribution in [0.25, 0.3) is 0 Å². The molecule has 3 heterocycles. The Balaban J connectivity index is 1.65. The standard InChI is InChI=1S/C12H22N2O/c1-9-7-13-4-5-14(8-9)11-6-10-2-3-12(11)15-10/h9-13H,2-8H2,1H3. The Labute approximate surface area is 92.2 Å². The molecule has 0 amide bonds. The summed E-state index contributed by atoms with van der Waals surface area (Å²) in [6.45, 7) is 7.14. The molecule has 3 heteroatoms. The Hall–Kier alpha value is -0.120. The highest BCUT2D eigenvalue weighted by Gasteiger charge is 2.43. The van der Waals surface area contributed by atoms with Gasteiger partial charge in [-0.15, -0.1) is 0 Å². The molecule has 4 atom stereocenters. The summed E-state index contributed by atoms with van der Waals surface area (Å²) in [7, 11) is 0. The van der Waals surface area contributed by atoms with Crippen molar-refractivity contribution in [2.75, 3.05) is 26.2 Å². The molecule has 0 aromatic heterocycles. The molecule has 0 saturated carbocycles. The van der Waals surface area contributed by atoms with Crippen molar-refractivity contribution in [1.82, 2.24) is 10.2 Å². The Morgan fingerprint density at radius 1 is 1.33 bits per heavy atom. The van der Waals surface area contributed by atoms with Crippen molar-refractivity contribution in [2.45, 2.75) is 44.4 Å². The van der Waals surface area contributed by atoms with Crippen molar-refractivity contribution in [3.8, 4) is 0 Å². The van der Waals surface area contributed by atoms with Gasteiger partial charge in [0.2, 0.25) is 0 Å². The van der Waals surface area contributed by atoms with E-state index in [2.05, 4.69) is 17.1 Å². The molecule has 2 bridgehead atoms. The predicted octanol–water partition coefficient (Wildman–Crippen LogP) is 0.848. The molecule has 3 rings (SSSR count). The molecular weight excluding hydrogens is 188 g/mol. The highest BCUT2D eigenvalue weighted by atomic mass is 16.5. The van der Waals surface area contributed by atoms with Gasteiger partial charge in [0.1, 0.15) is 0 Å². The fourth-order valence-electron chi connectivity index (χ4n) is 3.42. The van der Waals surface area contributed by atoms with Crippen LogP contribution in [-0.2, 0) is 4.74 Å². The van der Waals surface area contributed by atoms with Crippen LogP contribution in [0, 0.1) is 5.92 Å². The van der Waals surface area contributed by atoms with Crippen LogP contribution in [0.2, 0.25) is 0 Å². The Morgan fingerprint density at radius 3 is 3.00 bits per heavy atom. The topological polar surface area (TPSA) is 24.5 Å². The zero-order chi connectivity index (χ0) is 10.3. The third kappa shape index (κ3) is 1.93. The number of nitrogens with one attached hydrogen (secondary N) is 1. The monoisotopic (exact) mass is 210 g/mol. The lowest BCUT2D eigenvalue weighted by molar-refractivity contribution is 0.0687. The van der Waals surface area contributed by atoms with Gasteiger partial charge < -0.3 is 10.1 Å². The van der Waals surface area contributed by atoms with Crippen molar-refractivity contribution >= 4 is 0 Å². The van der Waals surface area contributed by atoms with E-state index in [9.17, 15) is 0 Å². The van der Waals surface area contributed by atoms with Gasteiger partial charge in [-0.1, -0.05) is 6.92 Å². The summed E-state index contributed by atoms with van der Waals surface area (Å²) in [6.07, 6.45) is 5.04. The van der Waals surface area contributed by atoms with Crippen molar-refractivity contribution in [3.63, 3.8) is 0 Å². The smallest absolute Gasteiger partial charge is 0.0735 e. The van der Waals surface area contributed by atoms with E-state index in [-0.39, 0.29) is 0 Å². The molecule has 0 spiro atoms. The second-order valence-corrected chi connectivity index (χ2v) is 5.48. The predicted molar refractivity (Wildman–Crippen MR) is 59.9 cm³/mol. The van der Waals surface area contributed by atoms with Gasteiger partial charge in [0, 0.05) is 25.7 Å². The van der Waals surface area contributed by atoms with Crippen LogP contribution in [0.15, 0.2) is 0 Å². The lowest BCUT2D eigenvalue weighted by Crippen LogP contribution is -2.44. The highest BCUT2D eigenvalue weighted by molar-refractivity contribution is 4.96. The van der Waals surface area contributed by atoms with Gasteiger partial charge in [0.05, 0.1) is 12.2 Å². The van der Waals surface area contributed by atoms with E-state index >= 15 is 0 Å². The molecule has 0 aromatic carbocycles. The Bertz CT molecular complexity index is 234. The van der Waals surface area contributed by atoms with E-state index < -0.39 is 0 Å². The first-order valence-corrected chi connectivity index (χ1v) is 6.43. The maximum absolute atomic E-state index is 5.95. The van der Waals surface area contributed by atoms with E-state index in [1.807, 2.05) is 0 Å². The van der Waals surface area contributed by atoms with E-state index in [1.165, 1.54) is 38.9 Å². The molecule has 3 aliphatic heterocycles. The van der Waals surface area contributed by atoms with E-state index in [0.29, 0.717) is 12.2 Å². The average Bonchev–Trinajstić information content (AvgIpc) is 2.78. The van der Waals surface area contributed by atoms with E-state index in [0.717, 1.165) is 18.5 Å². The van der Waals surface area contributed by atoms with Crippen molar-refractivity contribution in [1.29, 1.82) is 0 Å². The third-order valence-corrected chi connectivity index (χ3v) is 4.16. The molecule has 0 aromatic rings. The molecule has 15 heavy (non-hydrogen) atoms. The van der Waals surface area contributed by atoms with E-state index in [1.54, 1.807) is 0 Å². The molecule has 3 nitrogen and oxygen atoms in total. The molecule has 1 N–H and O–H groups in total. The van der Waals surface area contributed by atoms with Gasteiger partial charge >= 0.3 is 0 Å². The first-order chi connectivity index (χ1) is 7.33. The van der Waals surface area contributed by atoms with Crippen LogP contribution in [0.3, 0.4) is 0 Å². The van der Waals surface area contributed by atoms with Crippen LogP contribution in [0.1, 0.15) is 26.2 Å². The Kier molecular flexibility index (Phi) is 2.71. The summed E-state index contributed by atoms with van der Waals surface area (Å²) in [5, 5.41) is 3.51. The lowest BCUT2D eigenvalue weighted by Gasteiger charge is -2.32. The summed E-state index contributed by atoms with van der Waals surface area (Å²) in [4.78, 5) is 2.68. The zero-order valence-electron chi connectivity index (χ0n) is 9.61. The first-order valence-electron chi connectivity index (χ1n) is 6.43. The number of hydrogen-bond donors (Lipinski definition) is 1. The fraction of sp³-hybridized carbons (Fsp3) is 1.00. The second kappa shape index (κ2) is 4.04. The number of rotatable bonds is 1. The minimum atomic E-state index is 0.556. The van der Waals surface area contributed by atoms with Crippen LogP contribution >= 0.6 is 0 Å². The van der Waals surface area contributed by atoms with Crippen LogP contribution in [0.5, 0.6) is 0 Å². The molecular formula is C12H22N2O. The third-order valence-electron chi connectivity index (χ3n) is 4.16. The molecule has 3 saturated heterocycles. The molecule has 4 unspecified atom stereocenters. The summed E-state index contributed by atoms with van der Waals surface area (Å²) >= 11 is 0. The van der Waals surface area contributed by atoms with Crippen LogP contribution in [-0.4, -0.2) is 49.3 Å². The highest BCUT2D eigenvalue weighted by Crippen LogP contribution is 2.37. The maximum atomic E-state index is 5.95.